The Morgan fingerprint density at radius 1 is 1.00 bits per heavy atom. The van der Waals surface area contributed by atoms with Crippen molar-refractivity contribution in [3.05, 3.63) is 78.6 Å². The number of hydrogen-bond donors (Lipinski definition) is 1. The van der Waals surface area contributed by atoms with Crippen molar-refractivity contribution in [1.82, 2.24) is 9.78 Å². The Kier molecular flexibility index (Phi) is 7.05. The molecule has 0 fully saturated rings. The van der Waals surface area contributed by atoms with E-state index in [-0.39, 0.29) is 18.5 Å². The molecule has 0 aliphatic carbocycles. The first-order chi connectivity index (χ1) is 13.4. The summed E-state index contributed by atoms with van der Waals surface area (Å²) in [5, 5.41) is 7.22. The van der Waals surface area contributed by atoms with Crippen LogP contribution in [0, 0.1) is 14.1 Å². The van der Waals surface area contributed by atoms with E-state index in [1.54, 1.807) is 35.0 Å². The smallest absolute Gasteiger partial charge is 0.338 e. The van der Waals surface area contributed by atoms with Crippen LogP contribution in [0.4, 0.5) is 5.82 Å². The molecule has 3 rings (SSSR count). The van der Waals surface area contributed by atoms with E-state index in [0.29, 0.717) is 23.5 Å². The summed E-state index contributed by atoms with van der Waals surface area (Å²) in [6, 6.07) is 16.2. The molecule has 0 aliphatic rings. The van der Waals surface area contributed by atoms with E-state index in [1.807, 2.05) is 31.2 Å². The number of carbonyl (C=O) groups is 2. The molecular weight excluding hydrogens is 584 g/mol. The Labute approximate surface area is 189 Å². The lowest BCUT2D eigenvalue weighted by atomic mass is 10.2. The predicted octanol–water partition coefficient (Wildman–Crippen LogP) is 4.51. The average molecular weight is 601 g/mol. The molecule has 0 saturated heterocycles. The fourth-order valence-corrected chi connectivity index (χ4v) is 3.22. The van der Waals surface area contributed by atoms with E-state index >= 15 is 0 Å². The zero-order valence-electron chi connectivity index (χ0n) is 15.0. The zero-order chi connectivity index (χ0) is 20.1. The quantitative estimate of drug-likeness (QED) is 0.334. The van der Waals surface area contributed by atoms with Crippen molar-refractivity contribution in [2.24, 2.45) is 0 Å². The molecule has 2 aromatic carbocycles. The summed E-state index contributed by atoms with van der Waals surface area (Å²) in [6.07, 6.45) is 0. The summed E-state index contributed by atoms with van der Waals surface area (Å²) in [5.74, 6) is -0.0375. The first-order valence-electron chi connectivity index (χ1n) is 8.46. The summed E-state index contributed by atoms with van der Waals surface area (Å²) >= 11 is 4.37. The van der Waals surface area contributed by atoms with Gasteiger partial charge >= 0.3 is 5.97 Å². The second-order valence-corrected chi connectivity index (χ2v) is 8.49. The van der Waals surface area contributed by atoms with Crippen molar-refractivity contribution in [3.63, 3.8) is 0 Å². The maximum atomic E-state index is 12.4. The molecule has 0 aliphatic heterocycles. The number of ether oxygens (including phenoxy) is 1. The Morgan fingerprint density at radius 3 is 2.18 bits per heavy atom. The Bertz CT molecular complexity index is 983. The predicted molar refractivity (Wildman–Crippen MR) is 124 cm³/mol. The minimum atomic E-state index is -0.384. The minimum Gasteiger partial charge on any atom is -0.460 e. The summed E-state index contributed by atoms with van der Waals surface area (Å²) in [5.41, 5.74) is 1.84. The van der Waals surface area contributed by atoms with Gasteiger partial charge in [0.2, 0.25) is 0 Å². The third-order valence-corrected chi connectivity index (χ3v) is 5.30. The van der Waals surface area contributed by atoms with Gasteiger partial charge in [0.15, 0.2) is 0 Å². The van der Waals surface area contributed by atoms with Crippen LogP contribution in [-0.4, -0.2) is 28.3 Å². The molecule has 3 aromatic rings. The topological polar surface area (TPSA) is 73.2 Å². The van der Waals surface area contributed by atoms with Crippen LogP contribution in [0.15, 0.2) is 54.6 Å². The SMILES string of the molecule is Cc1cc(NC(=O)c2ccc(I)cc2)n(CCOC(=O)c2ccc(I)cc2)n1. The minimum absolute atomic E-state index is 0.151. The highest BCUT2D eigenvalue weighted by atomic mass is 127. The number of nitrogens with zero attached hydrogens (tertiary/aromatic N) is 2. The lowest BCUT2D eigenvalue weighted by Gasteiger charge is -2.10. The molecule has 1 aromatic heterocycles. The van der Waals surface area contributed by atoms with E-state index < -0.39 is 0 Å². The number of carbonyl (C=O) groups excluding carboxylic acids is 2. The van der Waals surface area contributed by atoms with Gasteiger partial charge in [0.05, 0.1) is 17.8 Å². The summed E-state index contributed by atoms with van der Waals surface area (Å²) in [4.78, 5) is 24.5. The molecule has 0 radical (unpaired) electrons. The number of nitrogens with one attached hydrogen (secondary N) is 1. The Balaban J connectivity index is 1.60. The van der Waals surface area contributed by atoms with E-state index in [1.165, 1.54) is 0 Å². The van der Waals surface area contributed by atoms with E-state index in [9.17, 15) is 9.59 Å². The number of hydrogen-bond acceptors (Lipinski definition) is 4. The van der Waals surface area contributed by atoms with Crippen LogP contribution in [0.3, 0.4) is 0 Å². The van der Waals surface area contributed by atoms with Crippen molar-refractivity contribution in [2.75, 3.05) is 11.9 Å². The van der Waals surface area contributed by atoms with Gasteiger partial charge in [-0.05, 0) is 101 Å². The highest BCUT2D eigenvalue weighted by Gasteiger charge is 2.12. The summed E-state index contributed by atoms with van der Waals surface area (Å²) in [7, 11) is 0. The van der Waals surface area contributed by atoms with Gasteiger partial charge in [0.1, 0.15) is 12.4 Å². The molecule has 1 N–H and O–H groups in total. The van der Waals surface area contributed by atoms with Crippen LogP contribution in [0.1, 0.15) is 26.4 Å². The number of rotatable bonds is 6. The molecule has 0 spiro atoms. The van der Waals surface area contributed by atoms with Crippen LogP contribution in [0.2, 0.25) is 0 Å². The summed E-state index contributed by atoms with van der Waals surface area (Å²) < 4.78 is 9.06. The molecule has 1 amide bonds. The lowest BCUT2D eigenvalue weighted by Crippen LogP contribution is -2.18. The highest BCUT2D eigenvalue weighted by Crippen LogP contribution is 2.14. The van der Waals surface area contributed by atoms with Crippen LogP contribution >= 0.6 is 45.2 Å². The zero-order valence-corrected chi connectivity index (χ0v) is 19.3. The molecule has 0 unspecified atom stereocenters. The van der Waals surface area contributed by atoms with E-state index in [0.717, 1.165) is 12.8 Å². The fraction of sp³-hybridized carbons (Fsp3) is 0.150. The van der Waals surface area contributed by atoms with Crippen LogP contribution in [0.25, 0.3) is 0 Å². The highest BCUT2D eigenvalue weighted by molar-refractivity contribution is 14.1. The average Bonchev–Trinajstić information content (AvgIpc) is 3.01. The van der Waals surface area contributed by atoms with Gasteiger partial charge in [0, 0.05) is 18.8 Å². The van der Waals surface area contributed by atoms with Crippen LogP contribution in [-0.2, 0) is 11.3 Å². The van der Waals surface area contributed by atoms with Gasteiger partial charge in [-0.2, -0.15) is 5.10 Å². The van der Waals surface area contributed by atoms with E-state index in [2.05, 4.69) is 55.6 Å². The molecule has 0 saturated carbocycles. The van der Waals surface area contributed by atoms with Crippen molar-refractivity contribution in [3.8, 4) is 0 Å². The van der Waals surface area contributed by atoms with Gasteiger partial charge in [-0.25, -0.2) is 9.48 Å². The maximum Gasteiger partial charge on any atom is 0.338 e. The standard InChI is InChI=1S/C20H17I2N3O3/c1-13-12-18(23-19(26)14-2-6-16(21)7-3-14)25(24-13)10-11-28-20(27)15-4-8-17(22)9-5-15/h2-9,12H,10-11H2,1H3,(H,23,26). The number of halogens is 2. The van der Waals surface area contributed by atoms with Gasteiger partial charge in [-0.1, -0.05) is 0 Å². The van der Waals surface area contributed by atoms with Gasteiger partial charge < -0.3 is 10.1 Å². The van der Waals surface area contributed by atoms with Crippen molar-refractivity contribution in [1.29, 1.82) is 0 Å². The molecule has 6 nitrogen and oxygen atoms in total. The van der Waals surface area contributed by atoms with Crippen molar-refractivity contribution >= 4 is 62.9 Å². The first-order valence-corrected chi connectivity index (χ1v) is 10.6. The molecule has 1 heterocycles. The molecular formula is C20H17I2N3O3. The molecule has 0 bridgehead atoms. The third kappa shape index (κ3) is 5.53. The Morgan fingerprint density at radius 2 is 1.57 bits per heavy atom. The monoisotopic (exact) mass is 601 g/mol. The van der Waals surface area contributed by atoms with Crippen LogP contribution in [0.5, 0.6) is 0 Å². The first kappa shape index (κ1) is 20.8. The second kappa shape index (κ2) is 9.50. The largest absolute Gasteiger partial charge is 0.460 e. The van der Waals surface area contributed by atoms with Crippen LogP contribution < -0.4 is 5.32 Å². The molecule has 8 heteroatoms. The number of aryl methyl sites for hydroxylation is 1. The maximum absolute atomic E-state index is 12.4. The van der Waals surface area contributed by atoms with Gasteiger partial charge in [0.25, 0.3) is 5.91 Å². The number of anilines is 1. The van der Waals surface area contributed by atoms with Crippen molar-refractivity contribution in [2.45, 2.75) is 13.5 Å². The fourth-order valence-electron chi connectivity index (χ4n) is 2.50. The number of amides is 1. The lowest BCUT2D eigenvalue weighted by molar-refractivity contribution is 0.0488. The molecule has 28 heavy (non-hydrogen) atoms. The number of esters is 1. The summed E-state index contributed by atoms with van der Waals surface area (Å²) in [6.45, 7) is 2.33. The number of aromatic nitrogens is 2. The van der Waals surface area contributed by atoms with Gasteiger partial charge in [-0.3, -0.25) is 4.79 Å². The second-order valence-electron chi connectivity index (χ2n) is 6.00. The number of benzene rings is 2. The molecule has 0 atom stereocenters. The molecule has 144 valence electrons. The van der Waals surface area contributed by atoms with Crippen molar-refractivity contribution < 1.29 is 14.3 Å². The Hall–Kier alpha value is -1.95. The normalized spacial score (nSPS) is 10.5. The third-order valence-electron chi connectivity index (χ3n) is 3.87. The van der Waals surface area contributed by atoms with E-state index in [4.69, 9.17) is 4.74 Å². The van der Waals surface area contributed by atoms with Gasteiger partial charge in [-0.15, -0.1) is 0 Å².